The highest BCUT2D eigenvalue weighted by molar-refractivity contribution is 5.73. The number of ether oxygens (including phenoxy) is 1. The molecule has 1 fully saturated rings. The van der Waals surface area contributed by atoms with Crippen LogP contribution in [0.4, 0.5) is 9.18 Å². The molecule has 78 valence electrons. The molecule has 1 aliphatic heterocycles. The average molecular weight is 207 g/mol. The van der Waals surface area contributed by atoms with Crippen LogP contribution in [0.15, 0.2) is 36.5 Å². The van der Waals surface area contributed by atoms with Crippen molar-refractivity contribution in [2.45, 2.75) is 0 Å². The van der Waals surface area contributed by atoms with Gasteiger partial charge in [0.05, 0.1) is 6.54 Å². The molecule has 1 aromatic rings. The van der Waals surface area contributed by atoms with E-state index in [-0.39, 0.29) is 0 Å². The molecule has 1 saturated heterocycles. The first-order chi connectivity index (χ1) is 7.27. The van der Waals surface area contributed by atoms with Crippen molar-refractivity contribution >= 4 is 11.9 Å². The van der Waals surface area contributed by atoms with Crippen molar-refractivity contribution in [1.29, 1.82) is 0 Å². The largest absolute Gasteiger partial charge is 0.447 e. The Kier molecular flexibility index (Phi) is 2.67. The van der Waals surface area contributed by atoms with Crippen LogP contribution in [0.5, 0.6) is 0 Å². The van der Waals surface area contributed by atoms with E-state index in [1.165, 1.54) is 11.1 Å². The molecule has 0 spiro atoms. The fraction of sp³-hybridized carbons (Fsp3) is 0.182. The fourth-order valence-corrected chi connectivity index (χ4v) is 1.33. The number of hydrogen-bond donors (Lipinski definition) is 0. The van der Waals surface area contributed by atoms with Gasteiger partial charge in [0.1, 0.15) is 12.4 Å². The molecule has 1 amide bonds. The Morgan fingerprint density at radius 2 is 2.13 bits per heavy atom. The molecule has 0 aromatic heterocycles. The number of carbonyl (C=O) groups excluding carboxylic acids is 1. The number of carbonyl (C=O) groups is 1. The summed E-state index contributed by atoms with van der Waals surface area (Å²) < 4.78 is 18.2. The third kappa shape index (κ3) is 2.15. The van der Waals surface area contributed by atoms with Crippen LogP contribution in [0.3, 0.4) is 0 Å². The maximum atomic E-state index is 13.6. The maximum absolute atomic E-state index is 13.6. The zero-order chi connectivity index (χ0) is 10.7. The minimum Gasteiger partial charge on any atom is -0.447 e. The number of benzene rings is 1. The molecule has 0 bridgehead atoms. The van der Waals surface area contributed by atoms with E-state index in [2.05, 4.69) is 4.74 Å². The highest BCUT2D eigenvalue weighted by atomic mass is 19.1. The van der Waals surface area contributed by atoms with Crippen LogP contribution in [0.2, 0.25) is 0 Å². The molecule has 15 heavy (non-hydrogen) atoms. The molecule has 0 unspecified atom stereocenters. The smallest absolute Gasteiger partial charge is 0.414 e. The molecule has 1 aliphatic rings. The van der Waals surface area contributed by atoms with E-state index in [0.29, 0.717) is 18.7 Å². The van der Waals surface area contributed by atoms with Crippen LogP contribution >= 0.6 is 0 Å². The highest BCUT2D eigenvalue weighted by Crippen LogP contribution is 2.17. The standard InChI is InChI=1S/C11H10FNO2/c12-10(9-4-2-1-3-5-9)8-13-6-7-15-11(13)14/h1-5,8H,6-7H2/b10-8-. The predicted octanol–water partition coefficient (Wildman–Crippen LogP) is 2.41. The second-order valence-electron chi connectivity index (χ2n) is 3.15. The second-order valence-corrected chi connectivity index (χ2v) is 3.15. The van der Waals surface area contributed by atoms with Gasteiger partial charge in [0.15, 0.2) is 0 Å². The first kappa shape index (κ1) is 9.71. The minimum absolute atomic E-state index is 0.317. The first-order valence-electron chi connectivity index (χ1n) is 4.63. The summed E-state index contributed by atoms with van der Waals surface area (Å²) in [6.45, 7) is 0.719. The minimum atomic E-state index is -0.499. The molecular formula is C11H10FNO2. The average Bonchev–Trinajstić information content (AvgIpc) is 2.66. The topological polar surface area (TPSA) is 29.5 Å². The van der Waals surface area contributed by atoms with E-state index in [1.807, 2.05) is 0 Å². The molecule has 0 saturated carbocycles. The van der Waals surface area contributed by atoms with Gasteiger partial charge in [0.2, 0.25) is 0 Å². The van der Waals surface area contributed by atoms with Crippen molar-refractivity contribution in [2.24, 2.45) is 0 Å². The highest BCUT2D eigenvalue weighted by Gasteiger charge is 2.20. The summed E-state index contributed by atoms with van der Waals surface area (Å²) in [4.78, 5) is 12.3. The lowest BCUT2D eigenvalue weighted by molar-refractivity contribution is 0.166. The summed E-state index contributed by atoms with van der Waals surface area (Å²) in [5.41, 5.74) is 0.456. The van der Waals surface area contributed by atoms with Crippen LogP contribution in [-0.2, 0) is 4.74 Å². The zero-order valence-electron chi connectivity index (χ0n) is 8.02. The lowest BCUT2D eigenvalue weighted by Gasteiger charge is -2.06. The third-order valence-corrected chi connectivity index (χ3v) is 2.11. The molecular weight excluding hydrogens is 197 g/mol. The van der Waals surface area contributed by atoms with Crippen molar-refractivity contribution in [2.75, 3.05) is 13.2 Å². The van der Waals surface area contributed by atoms with E-state index in [0.717, 1.165) is 0 Å². The van der Waals surface area contributed by atoms with Gasteiger partial charge in [-0.25, -0.2) is 9.18 Å². The Hall–Kier alpha value is -1.84. The Labute approximate surface area is 86.8 Å². The van der Waals surface area contributed by atoms with Crippen LogP contribution in [-0.4, -0.2) is 24.1 Å². The van der Waals surface area contributed by atoms with Gasteiger partial charge in [-0.1, -0.05) is 30.3 Å². The monoisotopic (exact) mass is 207 g/mol. The van der Waals surface area contributed by atoms with Crippen LogP contribution in [0, 0.1) is 0 Å². The summed E-state index contributed by atoms with van der Waals surface area (Å²) in [7, 11) is 0. The number of amides is 1. The quantitative estimate of drug-likeness (QED) is 0.745. The van der Waals surface area contributed by atoms with E-state index in [9.17, 15) is 9.18 Å². The Balaban J connectivity index is 2.17. The van der Waals surface area contributed by atoms with Gasteiger partial charge < -0.3 is 4.74 Å². The molecule has 1 heterocycles. The van der Waals surface area contributed by atoms with Crippen molar-refractivity contribution in [1.82, 2.24) is 4.90 Å². The van der Waals surface area contributed by atoms with E-state index in [1.54, 1.807) is 30.3 Å². The zero-order valence-corrected chi connectivity index (χ0v) is 8.02. The number of rotatable bonds is 2. The van der Waals surface area contributed by atoms with Gasteiger partial charge in [-0.15, -0.1) is 0 Å². The van der Waals surface area contributed by atoms with Crippen molar-refractivity contribution < 1.29 is 13.9 Å². The van der Waals surface area contributed by atoms with E-state index >= 15 is 0 Å². The molecule has 1 aromatic carbocycles. The van der Waals surface area contributed by atoms with E-state index < -0.39 is 11.9 Å². The van der Waals surface area contributed by atoms with Crippen LogP contribution in [0.25, 0.3) is 5.83 Å². The molecule has 0 atom stereocenters. The van der Waals surface area contributed by atoms with Crippen molar-refractivity contribution in [3.63, 3.8) is 0 Å². The molecule has 2 rings (SSSR count). The lowest BCUT2D eigenvalue weighted by Crippen LogP contribution is -2.17. The molecule has 0 N–H and O–H groups in total. The number of cyclic esters (lactones) is 1. The van der Waals surface area contributed by atoms with Gasteiger partial charge in [-0.2, -0.15) is 0 Å². The Morgan fingerprint density at radius 3 is 2.73 bits per heavy atom. The first-order valence-corrected chi connectivity index (χ1v) is 4.63. The van der Waals surface area contributed by atoms with Gasteiger partial charge in [-0.3, -0.25) is 4.90 Å². The summed E-state index contributed by atoms with van der Waals surface area (Å²) in [5.74, 6) is -0.436. The van der Waals surface area contributed by atoms with Gasteiger partial charge in [0, 0.05) is 11.8 Å². The Morgan fingerprint density at radius 1 is 1.40 bits per heavy atom. The lowest BCUT2D eigenvalue weighted by atomic mass is 10.2. The fourth-order valence-electron chi connectivity index (χ4n) is 1.33. The third-order valence-electron chi connectivity index (χ3n) is 2.11. The summed E-state index contributed by atoms with van der Waals surface area (Å²) in [6.07, 6.45) is 0.672. The number of hydrogen-bond acceptors (Lipinski definition) is 2. The second kappa shape index (κ2) is 4.13. The molecule has 0 aliphatic carbocycles. The molecule has 4 heteroatoms. The normalized spacial score (nSPS) is 16.7. The van der Waals surface area contributed by atoms with Crippen LogP contribution in [0.1, 0.15) is 5.56 Å². The SMILES string of the molecule is O=C1OCCN1/C=C(\F)c1ccccc1. The Bertz CT molecular complexity index is 389. The van der Waals surface area contributed by atoms with Gasteiger partial charge in [0.25, 0.3) is 0 Å². The van der Waals surface area contributed by atoms with Crippen LogP contribution < -0.4 is 0 Å². The summed E-state index contributed by atoms with van der Waals surface area (Å²) in [5, 5.41) is 0. The molecule has 0 radical (unpaired) electrons. The van der Waals surface area contributed by atoms with E-state index in [4.69, 9.17) is 0 Å². The molecule has 3 nitrogen and oxygen atoms in total. The van der Waals surface area contributed by atoms with Gasteiger partial charge >= 0.3 is 6.09 Å². The van der Waals surface area contributed by atoms with Gasteiger partial charge in [-0.05, 0) is 0 Å². The number of nitrogens with zero attached hydrogens (tertiary/aromatic N) is 1. The number of halogens is 1. The maximum Gasteiger partial charge on any atom is 0.414 e. The summed E-state index contributed by atoms with van der Waals surface area (Å²) >= 11 is 0. The summed E-state index contributed by atoms with van der Waals surface area (Å²) in [6, 6.07) is 8.58. The van der Waals surface area contributed by atoms with Crippen molar-refractivity contribution in [3.05, 3.63) is 42.1 Å². The predicted molar refractivity (Wildman–Crippen MR) is 53.6 cm³/mol. The van der Waals surface area contributed by atoms with Crippen molar-refractivity contribution in [3.8, 4) is 0 Å².